The molecule has 0 aliphatic heterocycles. The van der Waals surface area contributed by atoms with Gasteiger partial charge in [-0.15, -0.1) is 0 Å². The van der Waals surface area contributed by atoms with Crippen molar-refractivity contribution in [2.24, 2.45) is 0 Å². The molecule has 0 aromatic heterocycles. The fourth-order valence-corrected chi connectivity index (χ4v) is 4.64. The number of aryl methyl sites for hydroxylation is 1. The van der Waals surface area contributed by atoms with E-state index in [2.05, 4.69) is 24.3 Å². The number of nitrogens with zero attached hydrogens (tertiary/aromatic N) is 1. The van der Waals surface area contributed by atoms with E-state index in [9.17, 15) is 14.7 Å². The van der Waals surface area contributed by atoms with E-state index in [0.29, 0.717) is 19.4 Å². The number of benzene rings is 3. The predicted molar refractivity (Wildman–Crippen MR) is 139 cm³/mol. The molecular weight excluding hydrogens is 454 g/mol. The lowest BCUT2D eigenvalue weighted by molar-refractivity contribution is -0.138. The highest BCUT2D eigenvalue weighted by molar-refractivity contribution is 5.79. The lowest BCUT2D eigenvalue weighted by atomic mass is 9.98. The topological polar surface area (TPSA) is 76.1 Å². The molecule has 3 aromatic rings. The van der Waals surface area contributed by atoms with Crippen molar-refractivity contribution in [2.75, 3.05) is 19.7 Å². The monoisotopic (exact) mass is 487 g/mol. The van der Waals surface area contributed by atoms with Crippen LogP contribution < -0.4 is 4.74 Å². The molecule has 36 heavy (non-hydrogen) atoms. The van der Waals surface area contributed by atoms with Crippen LogP contribution in [0.3, 0.4) is 0 Å². The number of hydrogen-bond donors (Lipinski definition) is 1. The highest BCUT2D eigenvalue weighted by atomic mass is 16.6. The van der Waals surface area contributed by atoms with Crippen LogP contribution >= 0.6 is 0 Å². The Morgan fingerprint density at radius 1 is 0.889 bits per heavy atom. The number of hydrogen-bond acceptors (Lipinski definition) is 4. The number of rotatable bonds is 9. The van der Waals surface area contributed by atoms with Gasteiger partial charge in [0.25, 0.3) is 0 Å². The van der Waals surface area contributed by atoms with Gasteiger partial charge in [0.05, 0.1) is 0 Å². The van der Waals surface area contributed by atoms with Gasteiger partial charge in [0.2, 0.25) is 0 Å². The minimum atomic E-state index is -1.06. The molecule has 0 saturated carbocycles. The number of fused-ring (bicyclic) bond motifs is 3. The summed E-state index contributed by atoms with van der Waals surface area (Å²) in [5, 5.41) is 9.35. The molecule has 6 nitrogen and oxygen atoms in total. The first-order valence-electron chi connectivity index (χ1n) is 12.3. The van der Waals surface area contributed by atoms with Gasteiger partial charge in [-0.25, -0.2) is 4.79 Å². The zero-order valence-electron chi connectivity index (χ0n) is 21.1. The Balaban J connectivity index is 1.35. The van der Waals surface area contributed by atoms with Crippen LogP contribution in [0.25, 0.3) is 11.1 Å². The smallest absolute Gasteiger partial charge is 0.410 e. The van der Waals surface area contributed by atoms with Crippen LogP contribution in [0.5, 0.6) is 5.75 Å². The second-order valence-electron chi connectivity index (χ2n) is 10.1. The maximum atomic E-state index is 12.9. The quantitative estimate of drug-likeness (QED) is 0.393. The van der Waals surface area contributed by atoms with E-state index in [1.165, 1.54) is 4.90 Å². The average molecular weight is 488 g/mol. The molecule has 188 valence electrons. The van der Waals surface area contributed by atoms with Crippen LogP contribution in [0.1, 0.15) is 49.8 Å². The number of carboxylic acid groups (broad SMARTS) is 1. The number of carbonyl (C=O) groups is 2. The molecule has 0 fully saturated rings. The van der Waals surface area contributed by atoms with Gasteiger partial charge < -0.3 is 14.6 Å². The van der Waals surface area contributed by atoms with Crippen LogP contribution in [-0.4, -0.2) is 47.4 Å². The van der Waals surface area contributed by atoms with E-state index in [-0.39, 0.29) is 18.1 Å². The maximum Gasteiger partial charge on any atom is 0.410 e. The predicted octanol–water partition coefficient (Wildman–Crippen LogP) is 6.13. The van der Waals surface area contributed by atoms with E-state index in [4.69, 9.17) is 9.47 Å². The molecular formula is C30H33NO5. The molecule has 0 spiro atoms. The van der Waals surface area contributed by atoms with Crippen molar-refractivity contribution in [3.05, 3.63) is 89.5 Å². The Labute approximate surface area is 212 Å². The second-order valence-corrected chi connectivity index (χ2v) is 10.1. The lowest BCUT2D eigenvalue weighted by Crippen LogP contribution is -2.37. The van der Waals surface area contributed by atoms with Gasteiger partial charge in [0, 0.05) is 12.5 Å². The van der Waals surface area contributed by atoms with Gasteiger partial charge >= 0.3 is 12.1 Å². The maximum absolute atomic E-state index is 12.9. The van der Waals surface area contributed by atoms with Crippen molar-refractivity contribution in [1.82, 2.24) is 4.90 Å². The van der Waals surface area contributed by atoms with E-state index >= 15 is 0 Å². The van der Waals surface area contributed by atoms with Gasteiger partial charge in [-0.2, -0.15) is 0 Å². The van der Waals surface area contributed by atoms with Crippen molar-refractivity contribution in [3.63, 3.8) is 0 Å². The highest BCUT2D eigenvalue weighted by Crippen LogP contribution is 2.44. The largest absolute Gasteiger partial charge is 0.488 e. The fraction of sp³-hybridized carbons (Fsp3) is 0.333. The van der Waals surface area contributed by atoms with Gasteiger partial charge in [0.15, 0.2) is 0 Å². The fourth-order valence-electron chi connectivity index (χ4n) is 4.64. The van der Waals surface area contributed by atoms with E-state index in [1.54, 1.807) is 0 Å². The van der Waals surface area contributed by atoms with E-state index < -0.39 is 18.6 Å². The molecule has 0 saturated heterocycles. The molecule has 1 N–H and O–H groups in total. The van der Waals surface area contributed by atoms with Gasteiger partial charge in [-0.3, -0.25) is 9.69 Å². The van der Waals surface area contributed by atoms with E-state index in [1.807, 2.05) is 69.3 Å². The van der Waals surface area contributed by atoms with Crippen molar-refractivity contribution < 1.29 is 24.2 Å². The summed E-state index contributed by atoms with van der Waals surface area (Å²) >= 11 is 0. The minimum absolute atomic E-state index is 0.0677. The molecule has 0 heterocycles. The summed E-state index contributed by atoms with van der Waals surface area (Å²) in [5.41, 5.74) is 5.37. The Kier molecular flexibility index (Phi) is 7.63. The number of carbonyl (C=O) groups excluding carboxylic acids is 1. The molecule has 0 radical (unpaired) electrons. The summed E-state index contributed by atoms with van der Waals surface area (Å²) < 4.78 is 11.5. The number of aliphatic carboxylic acids is 1. The van der Waals surface area contributed by atoms with Crippen LogP contribution in [0, 0.1) is 0 Å². The molecule has 1 amide bonds. The summed E-state index contributed by atoms with van der Waals surface area (Å²) in [6.07, 6.45) is 0.729. The van der Waals surface area contributed by atoms with Crippen molar-refractivity contribution in [1.29, 1.82) is 0 Å². The Bertz CT molecular complexity index is 1170. The summed E-state index contributed by atoms with van der Waals surface area (Å²) in [7, 11) is 0. The van der Waals surface area contributed by atoms with Crippen molar-refractivity contribution in [3.8, 4) is 16.9 Å². The zero-order chi connectivity index (χ0) is 25.7. The van der Waals surface area contributed by atoms with Gasteiger partial charge in [0.1, 0.15) is 24.5 Å². The third-order valence-electron chi connectivity index (χ3n) is 6.16. The van der Waals surface area contributed by atoms with Crippen molar-refractivity contribution >= 4 is 12.1 Å². The first kappa shape index (κ1) is 25.3. The SMILES string of the molecule is CC(C)(C)Oc1ccc(CCCN(CC(=O)O)C(=O)OCC2c3ccccc3-c3ccccc32)cc1. The molecule has 6 heteroatoms. The molecule has 0 bridgehead atoms. The molecule has 0 atom stereocenters. The van der Waals surface area contributed by atoms with Crippen LogP contribution in [0.4, 0.5) is 4.79 Å². The molecule has 1 aliphatic rings. The summed E-state index contributed by atoms with van der Waals surface area (Å²) in [4.78, 5) is 25.6. The summed E-state index contributed by atoms with van der Waals surface area (Å²) in [6, 6.07) is 24.1. The second kappa shape index (κ2) is 10.9. The Hall–Kier alpha value is -3.80. The molecule has 1 aliphatic carbocycles. The first-order valence-corrected chi connectivity index (χ1v) is 12.3. The standard InChI is InChI=1S/C30H33NO5/c1-30(2,3)36-22-16-14-21(15-17-22)9-8-18-31(19-28(32)33)29(34)35-20-27-25-12-6-4-10-23(25)24-11-5-7-13-26(24)27/h4-7,10-17,27H,8-9,18-20H2,1-3H3,(H,32,33). The molecule has 4 rings (SSSR count). The van der Waals surface area contributed by atoms with Crippen molar-refractivity contribution in [2.45, 2.75) is 45.1 Å². The first-order chi connectivity index (χ1) is 17.2. The summed E-state index contributed by atoms with van der Waals surface area (Å²) in [5.74, 6) is -0.327. The van der Waals surface area contributed by atoms with Crippen LogP contribution in [0.15, 0.2) is 72.8 Å². The third kappa shape index (κ3) is 6.25. The van der Waals surface area contributed by atoms with Gasteiger partial charge in [-0.05, 0) is 73.6 Å². The zero-order valence-corrected chi connectivity index (χ0v) is 21.1. The lowest BCUT2D eigenvalue weighted by Gasteiger charge is -2.22. The van der Waals surface area contributed by atoms with Crippen LogP contribution in [0.2, 0.25) is 0 Å². The minimum Gasteiger partial charge on any atom is -0.488 e. The van der Waals surface area contributed by atoms with Gasteiger partial charge in [-0.1, -0.05) is 60.7 Å². The third-order valence-corrected chi connectivity index (χ3v) is 6.16. The number of carboxylic acids is 1. The van der Waals surface area contributed by atoms with E-state index in [0.717, 1.165) is 33.6 Å². The average Bonchev–Trinajstić information content (AvgIpc) is 3.15. The normalized spacial score (nSPS) is 12.5. The number of amides is 1. The Morgan fingerprint density at radius 3 is 2.03 bits per heavy atom. The highest BCUT2D eigenvalue weighted by Gasteiger charge is 2.30. The number of ether oxygens (including phenoxy) is 2. The molecule has 0 unspecified atom stereocenters. The molecule has 3 aromatic carbocycles. The van der Waals surface area contributed by atoms with Crippen LogP contribution in [-0.2, 0) is 16.0 Å². The summed E-state index contributed by atoms with van der Waals surface area (Å²) in [6.45, 7) is 6.07. The Morgan fingerprint density at radius 2 is 1.47 bits per heavy atom.